The maximum absolute atomic E-state index is 14.4. The molecule has 0 saturated heterocycles. The van der Waals surface area contributed by atoms with Gasteiger partial charge in [-0.05, 0) is 18.9 Å². The molecule has 0 atom stereocenters. The fourth-order valence-corrected chi connectivity index (χ4v) is 3.50. The number of carboxylic acids is 1. The van der Waals surface area contributed by atoms with Gasteiger partial charge >= 0.3 is 5.97 Å². The quantitative estimate of drug-likeness (QED) is 0.924. The molecule has 2 rings (SSSR count). The van der Waals surface area contributed by atoms with Crippen molar-refractivity contribution in [2.45, 2.75) is 36.0 Å². The number of carboxylic acid groups (broad SMARTS) is 1. The standard InChI is InChI=1S/C13H15FO4S/c1-19(17,18)10-6-4-5-9(11(10)14)13(12(15)16)7-2-3-8-13/h4-6H,2-3,7-8H2,1H3,(H,15,16). The molecule has 1 aromatic rings. The molecule has 0 amide bonds. The van der Waals surface area contributed by atoms with Crippen LogP contribution in [0, 0.1) is 5.82 Å². The van der Waals surface area contributed by atoms with Gasteiger partial charge in [0.25, 0.3) is 0 Å². The third kappa shape index (κ3) is 2.25. The Kier molecular flexibility index (Phi) is 3.38. The van der Waals surface area contributed by atoms with E-state index >= 15 is 0 Å². The minimum absolute atomic E-state index is 0.0135. The van der Waals surface area contributed by atoms with Gasteiger partial charge in [-0.3, -0.25) is 4.79 Å². The van der Waals surface area contributed by atoms with E-state index in [9.17, 15) is 22.7 Å². The molecule has 1 aromatic carbocycles. The summed E-state index contributed by atoms with van der Waals surface area (Å²) in [6.45, 7) is 0. The first-order valence-corrected chi connectivity index (χ1v) is 7.90. The van der Waals surface area contributed by atoms with Crippen LogP contribution in [-0.2, 0) is 20.0 Å². The summed E-state index contributed by atoms with van der Waals surface area (Å²) < 4.78 is 37.4. The van der Waals surface area contributed by atoms with Crippen molar-refractivity contribution in [3.05, 3.63) is 29.6 Å². The molecule has 1 fully saturated rings. The summed E-state index contributed by atoms with van der Waals surface area (Å²) in [4.78, 5) is 11.1. The zero-order valence-electron chi connectivity index (χ0n) is 10.5. The normalized spacial score (nSPS) is 18.4. The van der Waals surface area contributed by atoms with Gasteiger partial charge in [0.15, 0.2) is 9.84 Å². The molecule has 0 radical (unpaired) electrons. The van der Waals surface area contributed by atoms with E-state index in [1.54, 1.807) is 0 Å². The second-order valence-electron chi connectivity index (χ2n) is 4.98. The zero-order chi connectivity index (χ0) is 14.3. The van der Waals surface area contributed by atoms with Gasteiger partial charge in [0.2, 0.25) is 0 Å². The molecule has 1 aliphatic rings. The lowest BCUT2D eigenvalue weighted by atomic mass is 9.78. The Bertz CT molecular complexity index is 616. The van der Waals surface area contributed by atoms with E-state index in [1.165, 1.54) is 18.2 Å². The molecule has 0 spiro atoms. The minimum atomic E-state index is -3.71. The van der Waals surface area contributed by atoms with E-state index < -0.39 is 31.9 Å². The number of hydrogen-bond donors (Lipinski definition) is 1. The first kappa shape index (κ1) is 14.0. The Morgan fingerprint density at radius 2 is 1.89 bits per heavy atom. The lowest BCUT2D eigenvalue weighted by molar-refractivity contribution is -0.143. The zero-order valence-corrected chi connectivity index (χ0v) is 11.3. The van der Waals surface area contributed by atoms with Crippen molar-refractivity contribution in [2.75, 3.05) is 6.26 Å². The molecule has 0 unspecified atom stereocenters. The fraction of sp³-hybridized carbons (Fsp3) is 0.462. The number of hydrogen-bond acceptors (Lipinski definition) is 3. The highest BCUT2D eigenvalue weighted by Gasteiger charge is 2.45. The van der Waals surface area contributed by atoms with Gasteiger partial charge in [0, 0.05) is 11.8 Å². The van der Waals surface area contributed by atoms with Crippen LogP contribution in [0.5, 0.6) is 0 Å². The van der Waals surface area contributed by atoms with Crippen molar-refractivity contribution in [1.29, 1.82) is 0 Å². The smallest absolute Gasteiger partial charge is 0.314 e. The van der Waals surface area contributed by atoms with Crippen LogP contribution in [-0.4, -0.2) is 25.7 Å². The molecule has 19 heavy (non-hydrogen) atoms. The fourth-order valence-electron chi connectivity index (χ4n) is 2.74. The summed E-state index contributed by atoms with van der Waals surface area (Å²) in [6, 6.07) is 3.94. The van der Waals surface area contributed by atoms with Crippen molar-refractivity contribution in [2.24, 2.45) is 0 Å². The number of sulfone groups is 1. The van der Waals surface area contributed by atoms with E-state index in [0.29, 0.717) is 25.7 Å². The van der Waals surface area contributed by atoms with Crippen LogP contribution < -0.4 is 0 Å². The molecule has 1 aliphatic carbocycles. The highest BCUT2D eigenvalue weighted by molar-refractivity contribution is 7.90. The van der Waals surface area contributed by atoms with E-state index in [-0.39, 0.29) is 5.56 Å². The van der Waals surface area contributed by atoms with Gasteiger partial charge in [-0.1, -0.05) is 25.0 Å². The number of aliphatic carboxylic acids is 1. The Hall–Kier alpha value is -1.43. The highest BCUT2D eigenvalue weighted by atomic mass is 32.2. The number of halogens is 1. The molecule has 0 aliphatic heterocycles. The lowest BCUT2D eigenvalue weighted by Gasteiger charge is -2.25. The summed E-state index contributed by atoms with van der Waals surface area (Å²) in [5, 5.41) is 9.42. The molecular formula is C13H15FO4S. The van der Waals surface area contributed by atoms with Crippen LogP contribution in [0.1, 0.15) is 31.2 Å². The summed E-state index contributed by atoms with van der Waals surface area (Å²) in [6.07, 6.45) is 3.00. The van der Waals surface area contributed by atoms with Crippen LogP contribution in [0.4, 0.5) is 4.39 Å². The summed E-state index contributed by atoms with van der Waals surface area (Å²) in [5.74, 6) is -2.01. The SMILES string of the molecule is CS(=O)(=O)c1cccc(C2(C(=O)O)CCCC2)c1F. The van der Waals surface area contributed by atoms with Crippen molar-refractivity contribution < 1.29 is 22.7 Å². The van der Waals surface area contributed by atoms with Crippen LogP contribution in [0.3, 0.4) is 0 Å². The Morgan fingerprint density at radius 3 is 2.37 bits per heavy atom. The van der Waals surface area contributed by atoms with Crippen LogP contribution >= 0.6 is 0 Å². The highest BCUT2D eigenvalue weighted by Crippen LogP contribution is 2.43. The Balaban J connectivity index is 2.66. The van der Waals surface area contributed by atoms with Crippen molar-refractivity contribution in [3.63, 3.8) is 0 Å². The van der Waals surface area contributed by atoms with Crippen molar-refractivity contribution in [3.8, 4) is 0 Å². The molecule has 1 N–H and O–H groups in total. The van der Waals surface area contributed by atoms with E-state index in [0.717, 1.165) is 6.26 Å². The maximum atomic E-state index is 14.4. The minimum Gasteiger partial charge on any atom is -0.481 e. The van der Waals surface area contributed by atoms with E-state index in [2.05, 4.69) is 0 Å². The summed E-state index contributed by atoms with van der Waals surface area (Å²) >= 11 is 0. The topological polar surface area (TPSA) is 71.4 Å². The molecule has 0 bridgehead atoms. The second-order valence-corrected chi connectivity index (χ2v) is 6.97. The van der Waals surface area contributed by atoms with Gasteiger partial charge in [-0.2, -0.15) is 0 Å². The predicted molar refractivity (Wildman–Crippen MR) is 67.3 cm³/mol. The Morgan fingerprint density at radius 1 is 1.32 bits per heavy atom. The van der Waals surface area contributed by atoms with E-state index in [4.69, 9.17) is 0 Å². The monoisotopic (exact) mass is 286 g/mol. The lowest BCUT2D eigenvalue weighted by Crippen LogP contribution is -2.34. The summed E-state index contributed by atoms with van der Waals surface area (Å²) in [5.41, 5.74) is -1.30. The first-order valence-electron chi connectivity index (χ1n) is 6.01. The number of benzene rings is 1. The Labute approximate surface area is 111 Å². The molecular weight excluding hydrogens is 271 g/mol. The molecule has 6 heteroatoms. The van der Waals surface area contributed by atoms with E-state index in [1.807, 2.05) is 0 Å². The van der Waals surface area contributed by atoms with Crippen LogP contribution in [0.15, 0.2) is 23.1 Å². The van der Waals surface area contributed by atoms with Gasteiger partial charge in [0.1, 0.15) is 10.7 Å². The molecule has 4 nitrogen and oxygen atoms in total. The van der Waals surface area contributed by atoms with Gasteiger partial charge in [-0.15, -0.1) is 0 Å². The summed E-state index contributed by atoms with van der Waals surface area (Å²) in [7, 11) is -3.71. The van der Waals surface area contributed by atoms with Crippen molar-refractivity contribution >= 4 is 15.8 Å². The van der Waals surface area contributed by atoms with Gasteiger partial charge < -0.3 is 5.11 Å². The number of carbonyl (C=O) groups is 1. The predicted octanol–water partition coefficient (Wildman–Crippen LogP) is 2.13. The number of rotatable bonds is 3. The average molecular weight is 286 g/mol. The largest absolute Gasteiger partial charge is 0.481 e. The van der Waals surface area contributed by atoms with Crippen LogP contribution in [0.2, 0.25) is 0 Å². The molecule has 0 aromatic heterocycles. The third-order valence-corrected chi connectivity index (χ3v) is 4.86. The van der Waals surface area contributed by atoms with Crippen molar-refractivity contribution in [1.82, 2.24) is 0 Å². The molecule has 0 heterocycles. The third-order valence-electron chi connectivity index (χ3n) is 3.74. The first-order chi connectivity index (χ1) is 8.79. The van der Waals surface area contributed by atoms with Gasteiger partial charge in [-0.25, -0.2) is 12.8 Å². The second kappa shape index (κ2) is 4.59. The van der Waals surface area contributed by atoms with Crippen LogP contribution in [0.25, 0.3) is 0 Å². The molecule has 1 saturated carbocycles. The molecule has 104 valence electrons. The average Bonchev–Trinajstić information content (AvgIpc) is 2.77. The van der Waals surface area contributed by atoms with Gasteiger partial charge in [0.05, 0.1) is 5.41 Å². The maximum Gasteiger partial charge on any atom is 0.314 e.